The zero-order chi connectivity index (χ0) is 13.5. The van der Waals surface area contributed by atoms with Crippen molar-refractivity contribution < 1.29 is 9.53 Å². The van der Waals surface area contributed by atoms with Crippen LogP contribution < -0.4 is 5.32 Å². The van der Waals surface area contributed by atoms with Crippen molar-refractivity contribution in [1.82, 2.24) is 15.1 Å². The number of amides is 1. The first-order valence-corrected chi connectivity index (χ1v) is 7.49. The first-order valence-electron chi connectivity index (χ1n) is 7.49. The number of nitrogens with one attached hydrogen (secondary N) is 1. The van der Waals surface area contributed by atoms with E-state index in [4.69, 9.17) is 4.74 Å². The molecule has 1 unspecified atom stereocenters. The maximum absolute atomic E-state index is 12.2. The van der Waals surface area contributed by atoms with Gasteiger partial charge < -0.3 is 15.0 Å². The molecule has 0 radical (unpaired) electrons. The van der Waals surface area contributed by atoms with Gasteiger partial charge in [-0.3, -0.25) is 9.69 Å². The predicted octanol–water partition coefficient (Wildman–Crippen LogP) is 1.01. The number of nitrogens with zero attached hydrogens (tertiary/aromatic N) is 2. The summed E-state index contributed by atoms with van der Waals surface area (Å²) in [4.78, 5) is 16.5. The molecule has 0 aliphatic carbocycles. The first-order chi connectivity index (χ1) is 9.29. The molecule has 5 nitrogen and oxygen atoms in total. The van der Waals surface area contributed by atoms with Crippen LogP contribution in [0, 0.1) is 5.92 Å². The standard InChI is InChI=1S/C14H27N3O2.2ClH/c1-19-10-4-13-3-2-7-16(11-13)12-14(18)17-8-5-15-6-9-17;;/h13,15H,2-12H2,1H3;2*1H. The van der Waals surface area contributed by atoms with Crippen LogP contribution >= 0.6 is 24.8 Å². The lowest BCUT2D eigenvalue weighted by atomic mass is 9.95. The van der Waals surface area contributed by atoms with Crippen LogP contribution in [0.5, 0.6) is 0 Å². The van der Waals surface area contributed by atoms with Crippen molar-refractivity contribution in [2.45, 2.75) is 19.3 Å². The highest BCUT2D eigenvalue weighted by molar-refractivity contribution is 5.85. The highest BCUT2D eigenvalue weighted by Crippen LogP contribution is 2.19. The summed E-state index contributed by atoms with van der Waals surface area (Å²) in [6.07, 6.45) is 3.61. The molecule has 7 heteroatoms. The van der Waals surface area contributed by atoms with Crippen molar-refractivity contribution in [3.63, 3.8) is 0 Å². The van der Waals surface area contributed by atoms with Crippen molar-refractivity contribution in [2.24, 2.45) is 5.92 Å². The Balaban J connectivity index is 0.00000200. The maximum atomic E-state index is 12.2. The number of rotatable bonds is 5. The number of methoxy groups -OCH3 is 1. The topological polar surface area (TPSA) is 44.8 Å². The summed E-state index contributed by atoms with van der Waals surface area (Å²) in [7, 11) is 1.76. The average molecular weight is 342 g/mol. The molecule has 2 heterocycles. The Hall–Kier alpha value is -0.0700. The second-order valence-corrected chi connectivity index (χ2v) is 5.66. The van der Waals surface area contributed by atoms with Crippen LogP contribution in [-0.4, -0.2) is 75.2 Å². The lowest BCUT2D eigenvalue weighted by molar-refractivity contribution is -0.133. The Morgan fingerprint density at radius 2 is 1.95 bits per heavy atom. The van der Waals surface area contributed by atoms with Crippen molar-refractivity contribution in [3.8, 4) is 0 Å². The molecule has 1 N–H and O–H groups in total. The third-order valence-corrected chi connectivity index (χ3v) is 4.16. The Labute approximate surface area is 140 Å². The summed E-state index contributed by atoms with van der Waals surface area (Å²) >= 11 is 0. The number of piperazine rings is 1. The fourth-order valence-corrected chi connectivity index (χ4v) is 3.02. The number of carbonyl (C=O) groups is 1. The molecule has 0 aromatic heterocycles. The zero-order valence-corrected chi connectivity index (χ0v) is 14.5. The van der Waals surface area contributed by atoms with Crippen LogP contribution in [0.4, 0.5) is 0 Å². The van der Waals surface area contributed by atoms with E-state index >= 15 is 0 Å². The number of carbonyl (C=O) groups excluding carboxylic acids is 1. The fraction of sp³-hybridized carbons (Fsp3) is 0.929. The summed E-state index contributed by atoms with van der Waals surface area (Å²) in [6, 6.07) is 0. The van der Waals surface area contributed by atoms with Gasteiger partial charge in [-0.1, -0.05) is 0 Å². The zero-order valence-electron chi connectivity index (χ0n) is 12.9. The smallest absolute Gasteiger partial charge is 0.236 e. The number of halogens is 2. The van der Waals surface area contributed by atoms with Crippen LogP contribution in [0.15, 0.2) is 0 Å². The van der Waals surface area contributed by atoms with E-state index in [9.17, 15) is 4.79 Å². The monoisotopic (exact) mass is 341 g/mol. The lowest BCUT2D eigenvalue weighted by Crippen LogP contribution is -2.50. The molecule has 0 aromatic rings. The van der Waals surface area contributed by atoms with E-state index in [1.54, 1.807) is 7.11 Å². The average Bonchev–Trinajstić information content (AvgIpc) is 2.46. The van der Waals surface area contributed by atoms with E-state index in [1.165, 1.54) is 12.8 Å². The van der Waals surface area contributed by atoms with Gasteiger partial charge >= 0.3 is 0 Å². The lowest BCUT2D eigenvalue weighted by Gasteiger charge is -2.34. The molecule has 1 amide bonds. The molecule has 2 rings (SSSR count). The van der Waals surface area contributed by atoms with Gasteiger partial charge in [0.05, 0.1) is 6.54 Å². The second-order valence-electron chi connectivity index (χ2n) is 5.66. The van der Waals surface area contributed by atoms with Gasteiger partial charge in [0.2, 0.25) is 5.91 Å². The largest absolute Gasteiger partial charge is 0.385 e. The second kappa shape index (κ2) is 11.5. The highest BCUT2D eigenvalue weighted by Gasteiger charge is 2.24. The van der Waals surface area contributed by atoms with Crippen LogP contribution in [0.25, 0.3) is 0 Å². The van der Waals surface area contributed by atoms with Crippen LogP contribution in [-0.2, 0) is 9.53 Å². The maximum Gasteiger partial charge on any atom is 0.236 e. The summed E-state index contributed by atoms with van der Waals surface area (Å²) in [6.45, 7) is 7.15. The van der Waals surface area contributed by atoms with E-state index in [0.717, 1.165) is 52.3 Å². The molecule has 126 valence electrons. The summed E-state index contributed by atoms with van der Waals surface area (Å²) in [5.74, 6) is 0.999. The molecule has 0 spiro atoms. The quantitative estimate of drug-likeness (QED) is 0.810. The Morgan fingerprint density at radius 3 is 2.62 bits per heavy atom. The predicted molar refractivity (Wildman–Crippen MR) is 89.6 cm³/mol. The molecule has 0 bridgehead atoms. The number of hydrogen-bond acceptors (Lipinski definition) is 4. The Bertz CT molecular complexity index is 289. The van der Waals surface area contributed by atoms with Gasteiger partial charge in [-0.2, -0.15) is 0 Å². The number of piperidine rings is 1. The fourth-order valence-electron chi connectivity index (χ4n) is 3.02. The van der Waals surface area contributed by atoms with Crippen molar-refractivity contribution in [3.05, 3.63) is 0 Å². The molecule has 2 saturated heterocycles. The van der Waals surface area contributed by atoms with E-state index in [2.05, 4.69) is 10.2 Å². The number of ether oxygens (including phenoxy) is 1. The van der Waals surface area contributed by atoms with Gasteiger partial charge in [-0.15, -0.1) is 24.8 Å². The van der Waals surface area contributed by atoms with Gasteiger partial charge in [0.25, 0.3) is 0 Å². The third kappa shape index (κ3) is 7.15. The molecule has 1 atom stereocenters. The van der Waals surface area contributed by atoms with E-state index in [-0.39, 0.29) is 24.8 Å². The van der Waals surface area contributed by atoms with E-state index in [1.807, 2.05) is 4.90 Å². The van der Waals surface area contributed by atoms with Gasteiger partial charge in [-0.25, -0.2) is 0 Å². The minimum atomic E-state index is 0. The summed E-state index contributed by atoms with van der Waals surface area (Å²) in [5.41, 5.74) is 0. The molecule has 2 fully saturated rings. The Kier molecular flexibility index (Phi) is 11.5. The van der Waals surface area contributed by atoms with Gasteiger partial charge in [0.15, 0.2) is 0 Å². The van der Waals surface area contributed by atoms with E-state index in [0.29, 0.717) is 18.4 Å². The van der Waals surface area contributed by atoms with Crippen LogP contribution in [0.1, 0.15) is 19.3 Å². The minimum absolute atomic E-state index is 0. The van der Waals surface area contributed by atoms with Crippen molar-refractivity contribution >= 4 is 30.7 Å². The van der Waals surface area contributed by atoms with Gasteiger partial charge in [-0.05, 0) is 31.7 Å². The SMILES string of the molecule is COCCC1CCCN(CC(=O)N2CCNCC2)C1.Cl.Cl. The van der Waals surface area contributed by atoms with Crippen molar-refractivity contribution in [1.29, 1.82) is 0 Å². The first kappa shape index (κ1) is 20.9. The molecular formula is C14H29Cl2N3O2. The van der Waals surface area contributed by atoms with E-state index < -0.39 is 0 Å². The van der Waals surface area contributed by atoms with Gasteiger partial charge in [0.1, 0.15) is 0 Å². The number of likely N-dealkylation sites (tertiary alicyclic amines) is 1. The molecule has 21 heavy (non-hydrogen) atoms. The molecule has 2 aliphatic heterocycles. The molecule has 0 saturated carbocycles. The summed E-state index contributed by atoms with van der Waals surface area (Å²) in [5, 5.41) is 3.28. The molecule has 2 aliphatic rings. The Morgan fingerprint density at radius 1 is 1.24 bits per heavy atom. The number of hydrogen-bond donors (Lipinski definition) is 1. The minimum Gasteiger partial charge on any atom is -0.385 e. The highest BCUT2D eigenvalue weighted by atomic mass is 35.5. The van der Waals surface area contributed by atoms with Crippen molar-refractivity contribution in [2.75, 3.05) is 59.5 Å². The normalized spacial score (nSPS) is 23.1. The summed E-state index contributed by atoms with van der Waals surface area (Å²) < 4.78 is 5.16. The molecular weight excluding hydrogens is 313 g/mol. The van der Waals surface area contributed by atoms with Gasteiger partial charge in [0, 0.05) is 46.4 Å². The van der Waals surface area contributed by atoms with Crippen LogP contribution in [0.3, 0.4) is 0 Å². The third-order valence-electron chi connectivity index (χ3n) is 4.16. The van der Waals surface area contributed by atoms with Crippen LogP contribution in [0.2, 0.25) is 0 Å². The molecule has 0 aromatic carbocycles.